The molecule has 0 aliphatic heterocycles. The number of Topliss-reactive ketones (excluding diaryl/α,β-unsaturated/α-hetero) is 1. The average Bonchev–Trinajstić information content (AvgIpc) is 2.34. The maximum atomic E-state index is 11.8. The van der Waals surface area contributed by atoms with Crippen molar-refractivity contribution in [3.63, 3.8) is 0 Å². The Morgan fingerprint density at radius 3 is 2.05 bits per heavy atom. The maximum Gasteiger partial charge on any atom is 0.219 e. The summed E-state index contributed by atoms with van der Waals surface area (Å²) in [6.45, 7) is 11.9. The van der Waals surface area contributed by atoms with Crippen LogP contribution in [-0.2, 0) is 9.59 Å². The van der Waals surface area contributed by atoms with Crippen LogP contribution in [0.25, 0.3) is 0 Å². The van der Waals surface area contributed by atoms with Crippen LogP contribution in [0, 0.1) is 5.41 Å². The fourth-order valence-electron chi connectivity index (χ4n) is 1.56. The molecule has 4 heteroatoms. The van der Waals surface area contributed by atoms with Crippen LogP contribution in [0.4, 0.5) is 0 Å². The molecule has 0 aliphatic rings. The summed E-state index contributed by atoms with van der Waals surface area (Å²) in [7, 11) is 1.78. The van der Waals surface area contributed by atoms with Crippen molar-refractivity contribution < 1.29 is 11.0 Å². The smallest absolute Gasteiger partial charge is 0.219 e. The molecule has 0 aliphatic carbocycles. The van der Waals surface area contributed by atoms with Crippen molar-refractivity contribution in [2.45, 2.75) is 66.8 Å². The number of ketones is 1. The first-order valence-electron chi connectivity index (χ1n) is 7.18. The van der Waals surface area contributed by atoms with E-state index in [4.69, 9.17) is 5.73 Å². The molecule has 0 aromatic rings. The minimum Gasteiger partial charge on any atom is -0.346 e. The van der Waals surface area contributed by atoms with E-state index in [-0.39, 0.29) is 24.6 Å². The van der Waals surface area contributed by atoms with Gasteiger partial charge in [-0.1, -0.05) is 34.6 Å². The van der Waals surface area contributed by atoms with Gasteiger partial charge in [-0.05, 0) is 19.3 Å². The molecule has 0 heterocycles. The van der Waals surface area contributed by atoms with Crippen molar-refractivity contribution in [2.75, 3.05) is 13.6 Å². The van der Waals surface area contributed by atoms with E-state index in [2.05, 4.69) is 0 Å². The molecule has 1 atom stereocenters. The standard InChI is InChI=1S/C13H26N2O2.C2H6.H2/c1-10(16)15(5)9-7-6-8-11(14)12(17)13(2,3)4;1-2;/h11H,6-9,14H2,1-5H3;1-2H3;1H. The summed E-state index contributed by atoms with van der Waals surface area (Å²) in [5, 5.41) is 0. The van der Waals surface area contributed by atoms with Gasteiger partial charge in [0.15, 0.2) is 5.78 Å². The lowest BCUT2D eigenvalue weighted by atomic mass is 9.85. The third-order valence-electron chi connectivity index (χ3n) is 2.87. The van der Waals surface area contributed by atoms with Gasteiger partial charge < -0.3 is 10.6 Å². The first-order valence-corrected chi connectivity index (χ1v) is 7.18. The lowest BCUT2D eigenvalue weighted by Gasteiger charge is -2.22. The second-order valence-corrected chi connectivity index (χ2v) is 5.66. The van der Waals surface area contributed by atoms with Gasteiger partial charge in [0, 0.05) is 27.4 Å². The Labute approximate surface area is 120 Å². The molecule has 0 saturated carbocycles. The van der Waals surface area contributed by atoms with Crippen molar-refractivity contribution >= 4 is 11.7 Å². The second kappa shape index (κ2) is 9.96. The summed E-state index contributed by atoms with van der Waals surface area (Å²) in [4.78, 5) is 24.4. The average molecular weight is 274 g/mol. The van der Waals surface area contributed by atoms with Crippen LogP contribution in [-0.4, -0.2) is 36.2 Å². The molecule has 1 unspecified atom stereocenters. The Morgan fingerprint density at radius 1 is 1.21 bits per heavy atom. The summed E-state index contributed by atoms with van der Waals surface area (Å²) in [5.41, 5.74) is 5.48. The second-order valence-electron chi connectivity index (χ2n) is 5.66. The fourth-order valence-corrected chi connectivity index (χ4v) is 1.56. The van der Waals surface area contributed by atoms with Gasteiger partial charge in [0.2, 0.25) is 5.91 Å². The molecular formula is C15H34N2O2. The Kier molecular flexibility index (Phi) is 10.7. The van der Waals surface area contributed by atoms with E-state index in [1.165, 1.54) is 0 Å². The molecule has 4 nitrogen and oxygen atoms in total. The number of hydrogen-bond acceptors (Lipinski definition) is 3. The predicted molar refractivity (Wildman–Crippen MR) is 83.1 cm³/mol. The van der Waals surface area contributed by atoms with Crippen molar-refractivity contribution in [2.24, 2.45) is 11.1 Å². The highest BCUT2D eigenvalue weighted by Crippen LogP contribution is 2.18. The summed E-state index contributed by atoms with van der Waals surface area (Å²) < 4.78 is 0. The number of nitrogens with two attached hydrogens (primary N) is 1. The number of amides is 1. The number of unbranched alkanes of at least 4 members (excludes halogenated alkanes) is 1. The first-order chi connectivity index (χ1) is 8.66. The summed E-state index contributed by atoms with van der Waals surface area (Å²) in [5.74, 6) is 0.178. The summed E-state index contributed by atoms with van der Waals surface area (Å²) in [6, 6.07) is -0.377. The van der Waals surface area contributed by atoms with E-state index in [1.54, 1.807) is 18.9 Å². The highest BCUT2D eigenvalue weighted by Gasteiger charge is 2.26. The van der Waals surface area contributed by atoms with E-state index >= 15 is 0 Å². The normalized spacial score (nSPS) is 12.2. The highest BCUT2D eigenvalue weighted by molar-refractivity contribution is 5.88. The van der Waals surface area contributed by atoms with Crippen LogP contribution in [0.3, 0.4) is 0 Å². The van der Waals surface area contributed by atoms with E-state index in [1.807, 2.05) is 34.6 Å². The molecule has 2 N–H and O–H groups in total. The van der Waals surface area contributed by atoms with Gasteiger partial charge in [-0.15, -0.1) is 0 Å². The van der Waals surface area contributed by atoms with Gasteiger partial charge in [-0.2, -0.15) is 0 Å². The molecule has 0 rings (SSSR count). The zero-order valence-corrected chi connectivity index (χ0v) is 13.7. The van der Waals surface area contributed by atoms with Crippen LogP contribution in [0.5, 0.6) is 0 Å². The quantitative estimate of drug-likeness (QED) is 0.757. The highest BCUT2D eigenvalue weighted by atomic mass is 16.2. The van der Waals surface area contributed by atoms with Crippen molar-refractivity contribution in [3.05, 3.63) is 0 Å². The van der Waals surface area contributed by atoms with Gasteiger partial charge >= 0.3 is 0 Å². The molecule has 0 saturated heterocycles. The SMILES string of the molecule is CC.CC(=O)N(C)CCCCC(N)C(=O)C(C)(C)C.[HH]. The number of carbonyl (C=O) groups is 2. The molecule has 0 fully saturated rings. The molecule has 116 valence electrons. The topological polar surface area (TPSA) is 63.4 Å². The van der Waals surface area contributed by atoms with E-state index in [9.17, 15) is 9.59 Å². The van der Waals surface area contributed by atoms with Crippen molar-refractivity contribution in [1.82, 2.24) is 4.90 Å². The molecule has 0 spiro atoms. The third-order valence-corrected chi connectivity index (χ3v) is 2.87. The number of carbonyl (C=O) groups excluding carboxylic acids is 2. The number of nitrogens with zero attached hydrogens (tertiary/aromatic N) is 1. The molecule has 0 bridgehead atoms. The van der Waals surface area contributed by atoms with Gasteiger partial charge in [-0.25, -0.2) is 0 Å². The van der Waals surface area contributed by atoms with Gasteiger partial charge in [0.25, 0.3) is 0 Å². The van der Waals surface area contributed by atoms with Crippen LogP contribution in [0.15, 0.2) is 0 Å². The molecule has 0 radical (unpaired) electrons. The van der Waals surface area contributed by atoms with Crippen LogP contribution in [0.2, 0.25) is 0 Å². The molecule has 19 heavy (non-hydrogen) atoms. The minimum absolute atomic E-state index is 0. The lowest BCUT2D eigenvalue weighted by Crippen LogP contribution is -2.38. The van der Waals surface area contributed by atoms with Gasteiger partial charge in [0.1, 0.15) is 0 Å². The zero-order chi connectivity index (χ0) is 15.6. The zero-order valence-electron chi connectivity index (χ0n) is 13.7. The van der Waals surface area contributed by atoms with E-state index in [0.717, 1.165) is 19.4 Å². The largest absolute Gasteiger partial charge is 0.346 e. The molecule has 1 amide bonds. The van der Waals surface area contributed by atoms with Crippen molar-refractivity contribution in [1.29, 1.82) is 0 Å². The van der Waals surface area contributed by atoms with Crippen LogP contribution >= 0.6 is 0 Å². The molecular weight excluding hydrogens is 240 g/mol. The summed E-state index contributed by atoms with van der Waals surface area (Å²) in [6.07, 6.45) is 2.46. The van der Waals surface area contributed by atoms with Crippen LogP contribution in [0.1, 0.15) is 62.2 Å². The van der Waals surface area contributed by atoms with Crippen molar-refractivity contribution in [3.8, 4) is 0 Å². The summed E-state index contributed by atoms with van der Waals surface area (Å²) >= 11 is 0. The molecule has 0 aromatic heterocycles. The maximum absolute atomic E-state index is 11.8. The Hall–Kier alpha value is -0.900. The first kappa shape index (κ1) is 20.4. The van der Waals surface area contributed by atoms with E-state index in [0.29, 0.717) is 6.42 Å². The van der Waals surface area contributed by atoms with Gasteiger partial charge in [0.05, 0.1) is 6.04 Å². The number of rotatable bonds is 6. The third kappa shape index (κ3) is 9.65. The minimum atomic E-state index is -0.377. The molecule has 0 aromatic carbocycles. The predicted octanol–water partition coefficient (Wildman–Crippen LogP) is 2.85. The lowest BCUT2D eigenvalue weighted by molar-refractivity contribution is -0.128. The fraction of sp³-hybridized carbons (Fsp3) is 0.867. The Morgan fingerprint density at radius 2 is 1.68 bits per heavy atom. The monoisotopic (exact) mass is 274 g/mol. The number of hydrogen-bond donors (Lipinski definition) is 1. The van der Waals surface area contributed by atoms with E-state index < -0.39 is 0 Å². The van der Waals surface area contributed by atoms with Crippen LogP contribution < -0.4 is 5.73 Å². The Bertz CT molecular complexity index is 276. The van der Waals surface area contributed by atoms with Gasteiger partial charge in [-0.3, -0.25) is 9.59 Å². The Balaban J connectivity index is -0.000000916.